The minimum atomic E-state index is -1.05. The molecule has 1 aliphatic heterocycles. The van der Waals surface area contributed by atoms with Gasteiger partial charge in [0, 0.05) is 13.1 Å². The Kier molecular flexibility index (Phi) is 5.93. The van der Waals surface area contributed by atoms with Crippen molar-refractivity contribution in [2.75, 3.05) is 26.8 Å². The predicted octanol–water partition coefficient (Wildman–Crippen LogP) is 2.36. The zero-order valence-electron chi connectivity index (χ0n) is 15.1. The molecule has 2 aromatic carbocycles. The fourth-order valence-electron chi connectivity index (χ4n) is 2.87. The van der Waals surface area contributed by atoms with Crippen LogP contribution in [-0.4, -0.2) is 54.9 Å². The van der Waals surface area contributed by atoms with E-state index in [2.05, 4.69) is 5.32 Å². The Bertz CT molecular complexity index is 789. The summed E-state index contributed by atoms with van der Waals surface area (Å²) < 4.78 is 10.3. The monoisotopic (exact) mass is 370 g/mol. The Hall–Kier alpha value is -3.06. The van der Waals surface area contributed by atoms with Crippen LogP contribution in [0.25, 0.3) is 11.1 Å². The summed E-state index contributed by atoms with van der Waals surface area (Å²) >= 11 is 0. The summed E-state index contributed by atoms with van der Waals surface area (Å²) in [7, 11) is 1.64. The van der Waals surface area contributed by atoms with Crippen molar-refractivity contribution < 1.29 is 24.2 Å². The SMILES string of the molecule is COc1ccc(-c2ccc(CNC(=O)N3CCOC(C(=O)O)C3)cc2)cc1. The van der Waals surface area contributed by atoms with Crippen molar-refractivity contribution in [3.8, 4) is 16.9 Å². The first-order valence-electron chi connectivity index (χ1n) is 8.67. The minimum Gasteiger partial charge on any atom is -0.497 e. The van der Waals surface area contributed by atoms with Gasteiger partial charge in [-0.3, -0.25) is 0 Å². The molecule has 1 unspecified atom stereocenters. The van der Waals surface area contributed by atoms with E-state index in [-0.39, 0.29) is 19.2 Å². The van der Waals surface area contributed by atoms with E-state index < -0.39 is 12.1 Å². The maximum absolute atomic E-state index is 12.2. The molecule has 1 aliphatic rings. The standard InChI is InChI=1S/C20H22N2O5/c1-26-17-8-6-16(7-9-17)15-4-2-14(3-5-15)12-21-20(25)22-10-11-27-18(13-22)19(23)24/h2-9,18H,10-13H2,1H3,(H,21,25)(H,23,24). The average molecular weight is 370 g/mol. The third-order valence-corrected chi connectivity index (χ3v) is 4.45. The molecule has 0 bridgehead atoms. The zero-order chi connectivity index (χ0) is 19.2. The first-order valence-corrected chi connectivity index (χ1v) is 8.67. The maximum atomic E-state index is 12.2. The summed E-state index contributed by atoms with van der Waals surface area (Å²) in [5.74, 6) is -0.243. The predicted molar refractivity (Wildman–Crippen MR) is 99.6 cm³/mol. The Morgan fingerprint density at radius 2 is 1.78 bits per heavy atom. The lowest BCUT2D eigenvalue weighted by Gasteiger charge is -2.30. The zero-order valence-corrected chi connectivity index (χ0v) is 15.1. The first-order chi connectivity index (χ1) is 13.1. The van der Waals surface area contributed by atoms with Crippen molar-refractivity contribution >= 4 is 12.0 Å². The maximum Gasteiger partial charge on any atom is 0.334 e. The smallest absolute Gasteiger partial charge is 0.334 e. The van der Waals surface area contributed by atoms with E-state index in [0.29, 0.717) is 13.1 Å². The molecular weight excluding hydrogens is 348 g/mol. The molecule has 1 atom stereocenters. The molecule has 0 spiro atoms. The highest BCUT2D eigenvalue weighted by molar-refractivity contribution is 5.77. The van der Waals surface area contributed by atoms with Crippen molar-refractivity contribution in [1.82, 2.24) is 10.2 Å². The molecule has 0 aliphatic carbocycles. The van der Waals surface area contributed by atoms with Gasteiger partial charge in [-0.25, -0.2) is 9.59 Å². The van der Waals surface area contributed by atoms with Crippen LogP contribution in [0.4, 0.5) is 4.79 Å². The number of benzene rings is 2. The van der Waals surface area contributed by atoms with Crippen molar-refractivity contribution in [2.24, 2.45) is 0 Å². The Morgan fingerprint density at radius 3 is 2.37 bits per heavy atom. The van der Waals surface area contributed by atoms with Crippen LogP contribution in [0.15, 0.2) is 48.5 Å². The van der Waals surface area contributed by atoms with E-state index in [1.165, 1.54) is 4.90 Å². The number of rotatable bonds is 5. The third-order valence-electron chi connectivity index (χ3n) is 4.45. The molecule has 1 saturated heterocycles. The van der Waals surface area contributed by atoms with Crippen molar-refractivity contribution in [1.29, 1.82) is 0 Å². The highest BCUT2D eigenvalue weighted by Crippen LogP contribution is 2.22. The van der Waals surface area contributed by atoms with Crippen LogP contribution in [-0.2, 0) is 16.1 Å². The summed E-state index contributed by atoms with van der Waals surface area (Å²) in [4.78, 5) is 24.7. The van der Waals surface area contributed by atoms with E-state index in [1.807, 2.05) is 48.5 Å². The lowest BCUT2D eigenvalue weighted by molar-refractivity contribution is -0.154. The average Bonchev–Trinajstić information content (AvgIpc) is 2.72. The molecule has 0 aromatic heterocycles. The van der Waals surface area contributed by atoms with E-state index in [9.17, 15) is 9.59 Å². The van der Waals surface area contributed by atoms with E-state index in [0.717, 1.165) is 22.4 Å². The number of ether oxygens (including phenoxy) is 2. The number of nitrogens with one attached hydrogen (secondary N) is 1. The molecule has 2 amide bonds. The topological polar surface area (TPSA) is 88.1 Å². The number of amides is 2. The van der Waals surface area contributed by atoms with Crippen molar-refractivity contribution in [2.45, 2.75) is 12.6 Å². The minimum absolute atomic E-state index is 0.0531. The number of aliphatic carboxylic acids is 1. The lowest BCUT2D eigenvalue weighted by atomic mass is 10.0. The summed E-state index contributed by atoms with van der Waals surface area (Å²) in [6, 6.07) is 15.4. The number of carboxylic acids is 1. The van der Waals surface area contributed by atoms with Gasteiger partial charge in [0.15, 0.2) is 6.10 Å². The van der Waals surface area contributed by atoms with Gasteiger partial charge >= 0.3 is 12.0 Å². The lowest BCUT2D eigenvalue weighted by Crippen LogP contribution is -2.51. The number of carboxylic acid groups (broad SMARTS) is 1. The molecule has 3 rings (SSSR count). The largest absolute Gasteiger partial charge is 0.497 e. The summed E-state index contributed by atoms with van der Waals surface area (Å²) in [6.07, 6.45) is -0.965. The molecule has 0 saturated carbocycles. The Labute approximate surface area is 157 Å². The van der Waals surface area contributed by atoms with Crippen LogP contribution in [0.2, 0.25) is 0 Å². The van der Waals surface area contributed by atoms with Gasteiger partial charge in [-0.05, 0) is 28.8 Å². The van der Waals surface area contributed by atoms with Gasteiger partial charge < -0.3 is 24.8 Å². The second kappa shape index (κ2) is 8.55. The van der Waals surface area contributed by atoms with Gasteiger partial charge in [0.1, 0.15) is 5.75 Å². The fourth-order valence-corrected chi connectivity index (χ4v) is 2.87. The number of carbonyl (C=O) groups is 2. The normalized spacial score (nSPS) is 16.6. The van der Waals surface area contributed by atoms with Crippen molar-refractivity contribution in [3.05, 3.63) is 54.1 Å². The van der Waals surface area contributed by atoms with Crippen LogP contribution >= 0.6 is 0 Å². The highest BCUT2D eigenvalue weighted by Gasteiger charge is 2.28. The number of methoxy groups -OCH3 is 1. The molecule has 2 N–H and O–H groups in total. The molecule has 1 fully saturated rings. The highest BCUT2D eigenvalue weighted by atomic mass is 16.5. The van der Waals surface area contributed by atoms with E-state index >= 15 is 0 Å². The molecule has 7 heteroatoms. The number of urea groups is 1. The van der Waals surface area contributed by atoms with Crippen LogP contribution < -0.4 is 10.1 Å². The quantitative estimate of drug-likeness (QED) is 0.844. The van der Waals surface area contributed by atoms with Crippen LogP contribution in [0, 0.1) is 0 Å². The van der Waals surface area contributed by atoms with Gasteiger partial charge in [0.25, 0.3) is 0 Å². The Morgan fingerprint density at radius 1 is 1.15 bits per heavy atom. The molecular formula is C20H22N2O5. The third kappa shape index (κ3) is 4.77. The molecule has 7 nitrogen and oxygen atoms in total. The molecule has 1 heterocycles. The fraction of sp³-hybridized carbons (Fsp3) is 0.300. The number of nitrogens with zero attached hydrogens (tertiary/aromatic N) is 1. The second-order valence-electron chi connectivity index (χ2n) is 6.23. The van der Waals surface area contributed by atoms with Gasteiger partial charge in [-0.2, -0.15) is 0 Å². The van der Waals surface area contributed by atoms with Gasteiger partial charge in [0.05, 0.1) is 20.3 Å². The Balaban J connectivity index is 1.55. The molecule has 27 heavy (non-hydrogen) atoms. The van der Waals surface area contributed by atoms with Crippen LogP contribution in [0.3, 0.4) is 0 Å². The number of morpholine rings is 1. The molecule has 142 valence electrons. The van der Waals surface area contributed by atoms with Crippen molar-refractivity contribution in [3.63, 3.8) is 0 Å². The van der Waals surface area contributed by atoms with Crippen LogP contribution in [0.1, 0.15) is 5.56 Å². The van der Waals surface area contributed by atoms with Crippen LogP contribution in [0.5, 0.6) is 5.75 Å². The van der Waals surface area contributed by atoms with E-state index in [4.69, 9.17) is 14.6 Å². The summed E-state index contributed by atoms with van der Waals surface area (Å²) in [5.41, 5.74) is 3.12. The van der Waals surface area contributed by atoms with E-state index in [1.54, 1.807) is 7.11 Å². The number of carbonyl (C=O) groups excluding carboxylic acids is 1. The second-order valence-corrected chi connectivity index (χ2v) is 6.23. The number of hydrogen-bond donors (Lipinski definition) is 2. The summed E-state index contributed by atoms with van der Waals surface area (Å²) in [6.45, 7) is 1.03. The van der Waals surface area contributed by atoms with Gasteiger partial charge in [-0.1, -0.05) is 36.4 Å². The summed E-state index contributed by atoms with van der Waals surface area (Å²) in [5, 5.41) is 11.8. The molecule has 0 radical (unpaired) electrons. The first kappa shape index (κ1) is 18.7. The van der Waals surface area contributed by atoms with Gasteiger partial charge in [0.2, 0.25) is 0 Å². The number of hydrogen-bond acceptors (Lipinski definition) is 4. The van der Waals surface area contributed by atoms with Gasteiger partial charge in [-0.15, -0.1) is 0 Å². The molecule has 2 aromatic rings.